The zero-order chi connectivity index (χ0) is 13.1. The molecule has 1 aromatic heterocycles. The Labute approximate surface area is 106 Å². The van der Waals surface area contributed by atoms with Crippen molar-refractivity contribution < 1.29 is 0 Å². The number of rotatable bonds is 3. The summed E-state index contributed by atoms with van der Waals surface area (Å²) in [5.41, 5.74) is 6.53. The van der Waals surface area contributed by atoms with Crippen molar-refractivity contribution in [2.24, 2.45) is 5.92 Å². The molecular weight excluding hydrogens is 226 g/mol. The topological polar surface area (TPSA) is 78.8 Å². The van der Waals surface area contributed by atoms with Gasteiger partial charge in [0.2, 0.25) is 5.95 Å². The molecule has 5 nitrogen and oxygen atoms in total. The minimum atomic E-state index is -0.0649. The molecule has 0 amide bonds. The predicted octanol–water partition coefficient (Wildman–Crippen LogP) is 1.81. The molecule has 1 unspecified atom stereocenters. The zero-order valence-electron chi connectivity index (χ0n) is 10.5. The highest BCUT2D eigenvalue weighted by Crippen LogP contribution is 2.23. The summed E-state index contributed by atoms with van der Waals surface area (Å²) in [5.74, 6) is 0.949. The second kappa shape index (κ2) is 4.88. The number of nitrogens with two attached hydrogens (primary N) is 1. The van der Waals surface area contributed by atoms with Crippen molar-refractivity contribution in [3.63, 3.8) is 0 Å². The summed E-state index contributed by atoms with van der Waals surface area (Å²) in [6.07, 6.45) is 0. The average Bonchev–Trinajstić information content (AvgIpc) is 2.37. The number of nitriles is 1. The van der Waals surface area contributed by atoms with E-state index in [0.29, 0.717) is 6.54 Å². The van der Waals surface area contributed by atoms with Gasteiger partial charge >= 0.3 is 0 Å². The molecule has 0 saturated carbocycles. The van der Waals surface area contributed by atoms with Gasteiger partial charge in [-0.05, 0) is 19.1 Å². The van der Waals surface area contributed by atoms with Crippen LogP contribution >= 0.6 is 0 Å². The fourth-order valence-electron chi connectivity index (χ4n) is 1.91. The number of hydrogen-bond donors (Lipinski definition) is 1. The Morgan fingerprint density at radius 1 is 1.39 bits per heavy atom. The Morgan fingerprint density at radius 2 is 2.11 bits per heavy atom. The molecule has 2 rings (SSSR count). The van der Waals surface area contributed by atoms with Gasteiger partial charge in [-0.15, -0.1) is 0 Å². The van der Waals surface area contributed by atoms with Crippen molar-refractivity contribution in [3.8, 4) is 6.07 Å². The molecule has 5 heteroatoms. The van der Waals surface area contributed by atoms with E-state index in [-0.39, 0.29) is 11.9 Å². The van der Waals surface area contributed by atoms with Crippen molar-refractivity contribution in [3.05, 3.63) is 24.3 Å². The molecule has 0 radical (unpaired) electrons. The monoisotopic (exact) mass is 241 g/mol. The first-order valence-corrected chi connectivity index (χ1v) is 5.75. The Morgan fingerprint density at radius 3 is 2.83 bits per heavy atom. The zero-order valence-corrected chi connectivity index (χ0v) is 10.5. The smallest absolute Gasteiger partial charge is 0.222 e. The molecule has 92 valence electrons. The van der Waals surface area contributed by atoms with E-state index < -0.39 is 0 Å². The first-order valence-electron chi connectivity index (χ1n) is 5.75. The quantitative estimate of drug-likeness (QED) is 0.886. The number of hydrogen-bond acceptors (Lipinski definition) is 5. The van der Waals surface area contributed by atoms with Crippen molar-refractivity contribution in [1.29, 1.82) is 5.26 Å². The number of aromatic nitrogens is 2. The van der Waals surface area contributed by atoms with Gasteiger partial charge in [0.25, 0.3) is 0 Å². The van der Waals surface area contributed by atoms with Crippen molar-refractivity contribution in [1.82, 2.24) is 9.97 Å². The highest BCUT2D eigenvalue weighted by atomic mass is 15.2. The van der Waals surface area contributed by atoms with Gasteiger partial charge in [-0.2, -0.15) is 10.2 Å². The minimum absolute atomic E-state index is 0.0649. The molecule has 0 saturated heterocycles. The van der Waals surface area contributed by atoms with Gasteiger partial charge in [0.1, 0.15) is 5.82 Å². The van der Waals surface area contributed by atoms with E-state index in [1.807, 2.05) is 43.1 Å². The van der Waals surface area contributed by atoms with E-state index in [9.17, 15) is 0 Å². The third-order valence-electron chi connectivity index (χ3n) is 2.73. The molecule has 0 aliphatic rings. The average molecular weight is 241 g/mol. The van der Waals surface area contributed by atoms with E-state index in [0.717, 1.165) is 16.7 Å². The standard InChI is InChI=1S/C13H15N5/c1-9(7-14)8-18(2)12-10-5-3-4-6-11(10)16-13(15)17-12/h3-6,9H,8H2,1-2H3,(H2,15,16,17). The summed E-state index contributed by atoms with van der Waals surface area (Å²) < 4.78 is 0. The Balaban J connectivity index is 2.46. The third kappa shape index (κ3) is 2.33. The van der Waals surface area contributed by atoms with E-state index in [4.69, 9.17) is 11.0 Å². The minimum Gasteiger partial charge on any atom is -0.368 e. The maximum Gasteiger partial charge on any atom is 0.222 e. The van der Waals surface area contributed by atoms with Crippen LogP contribution in [0.3, 0.4) is 0 Å². The van der Waals surface area contributed by atoms with Gasteiger partial charge in [-0.25, -0.2) is 4.98 Å². The third-order valence-corrected chi connectivity index (χ3v) is 2.73. The lowest BCUT2D eigenvalue weighted by atomic mass is 10.2. The van der Waals surface area contributed by atoms with Crippen LogP contribution in [0.1, 0.15) is 6.92 Å². The fourth-order valence-corrected chi connectivity index (χ4v) is 1.91. The number of nitrogens with zero attached hydrogens (tertiary/aromatic N) is 4. The molecule has 2 aromatic rings. The largest absolute Gasteiger partial charge is 0.368 e. The molecule has 2 N–H and O–H groups in total. The second-order valence-electron chi connectivity index (χ2n) is 4.33. The molecule has 0 aliphatic carbocycles. The van der Waals surface area contributed by atoms with E-state index in [1.165, 1.54) is 0 Å². The van der Waals surface area contributed by atoms with Crippen molar-refractivity contribution in [2.75, 3.05) is 24.2 Å². The van der Waals surface area contributed by atoms with Gasteiger partial charge in [0.05, 0.1) is 17.5 Å². The van der Waals surface area contributed by atoms with Gasteiger partial charge < -0.3 is 10.6 Å². The lowest BCUT2D eigenvalue weighted by Gasteiger charge is -2.20. The van der Waals surface area contributed by atoms with Crippen molar-refractivity contribution >= 4 is 22.7 Å². The Hall–Kier alpha value is -2.35. The highest BCUT2D eigenvalue weighted by Gasteiger charge is 2.12. The number of anilines is 2. The van der Waals surface area contributed by atoms with Crippen LogP contribution in [0.2, 0.25) is 0 Å². The Bertz CT molecular complexity index is 602. The van der Waals surface area contributed by atoms with Gasteiger partial charge in [-0.3, -0.25) is 0 Å². The number of benzene rings is 1. The molecule has 18 heavy (non-hydrogen) atoms. The van der Waals surface area contributed by atoms with E-state index in [1.54, 1.807) is 0 Å². The van der Waals surface area contributed by atoms with Gasteiger partial charge in [0, 0.05) is 19.0 Å². The lowest BCUT2D eigenvalue weighted by Crippen LogP contribution is -2.24. The molecule has 1 heterocycles. The van der Waals surface area contributed by atoms with Crippen LogP contribution in [-0.4, -0.2) is 23.6 Å². The van der Waals surface area contributed by atoms with Crippen LogP contribution in [0.25, 0.3) is 10.9 Å². The Kier molecular flexibility index (Phi) is 3.28. The van der Waals surface area contributed by atoms with Crippen LogP contribution in [-0.2, 0) is 0 Å². The van der Waals surface area contributed by atoms with Crippen LogP contribution in [0, 0.1) is 17.2 Å². The molecule has 0 aliphatic heterocycles. The normalized spacial score (nSPS) is 12.1. The number of nitrogen functional groups attached to an aromatic ring is 1. The number of fused-ring (bicyclic) bond motifs is 1. The molecule has 0 spiro atoms. The second-order valence-corrected chi connectivity index (χ2v) is 4.33. The van der Waals surface area contributed by atoms with Crippen LogP contribution < -0.4 is 10.6 Å². The molecule has 0 bridgehead atoms. The van der Waals surface area contributed by atoms with E-state index in [2.05, 4.69) is 16.0 Å². The van der Waals surface area contributed by atoms with Gasteiger partial charge in [-0.1, -0.05) is 12.1 Å². The summed E-state index contributed by atoms with van der Waals surface area (Å²) in [5, 5.41) is 9.81. The molecule has 1 atom stereocenters. The van der Waals surface area contributed by atoms with Gasteiger partial charge in [0.15, 0.2) is 0 Å². The maximum atomic E-state index is 8.86. The SMILES string of the molecule is CC(C#N)CN(C)c1nc(N)nc2ccccc12. The van der Waals surface area contributed by atoms with Crippen LogP contribution in [0.5, 0.6) is 0 Å². The van der Waals surface area contributed by atoms with E-state index >= 15 is 0 Å². The van der Waals surface area contributed by atoms with Crippen molar-refractivity contribution in [2.45, 2.75) is 6.92 Å². The maximum absolute atomic E-state index is 8.86. The number of para-hydroxylation sites is 1. The highest BCUT2D eigenvalue weighted by molar-refractivity contribution is 5.90. The molecule has 1 aromatic carbocycles. The molecule has 0 fully saturated rings. The molecular formula is C13H15N5. The summed E-state index contributed by atoms with van der Waals surface area (Å²) in [7, 11) is 1.90. The van der Waals surface area contributed by atoms with Crippen LogP contribution in [0.15, 0.2) is 24.3 Å². The fraction of sp³-hybridized carbons (Fsp3) is 0.308. The summed E-state index contributed by atoms with van der Waals surface area (Å²) in [6, 6.07) is 9.92. The first kappa shape index (κ1) is 12.1. The first-order chi connectivity index (χ1) is 8.61. The summed E-state index contributed by atoms with van der Waals surface area (Å²) in [4.78, 5) is 10.4. The summed E-state index contributed by atoms with van der Waals surface area (Å²) >= 11 is 0. The summed E-state index contributed by atoms with van der Waals surface area (Å²) in [6.45, 7) is 2.49. The lowest BCUT2D eigenvalue weighted by molar-refractivity contribution is 0.712. The predicted molar refractivity (Wildman–Crippen MR) is 72.0 cm³/mol. The van der Waals surface area contributed by atoms with Crippen LogP contribution in [0.4, 0.5) is 11.8 Å².